The maximum atomic E-state index is 12.1. The quantitative estimate of drug-likeness (QED) is 0.503. The SMILES string of the molecule is O=Cc1c[n+](Cc2cncnc2)c2ccccn2c1=O. The first-order valence-corrected chi connectivity index (χ1v) is 6.02. The Balaban J connectivity index is 2.22. The molecule has 0 aliphatic heterocycles. The fourth-order valence-corrected chi connectivity index (χ4v) is 2.08. The molecule has 0 aliphatic carbocycles. The van der Waals surface area contributed by atoms with Gasteiger partial charge in [-0.3, -0.25) is 4.79 Å². The van der Waals surface area contributed by atoms with E-state index in [4.69, 9.17) is 0 Å². The Hall–Kier alpha value is -2.89. The van der Waals surface area contributed by atoms with Gasteiger partial charge in [0.1, 0.15) is 24.6 Å². The molecule has 6 heteroatoms. The molecule has 0 aromatic carbocycles. The number of carbonyl (C=O) groups is 1. The molecule has 3 aromatic heterocycles. The van der Waals surface area contributed by atoms with E-state index in [9.17, 15) is 9.59 Å². The predicted octanol–water partition coefficient (Wildman–Crippen LogP) is 0.238. The van der Waals surface area contributed by atoms with Gasteiger partial charge in [0, 0.05) is 24.0 Å². The zero-order valence-corrected chi connectivity index (χ0v) is 10.5. The van der Waals surface area contributed by atoms with Gasteiger partial charge in [0.25, 0.3) is 5.65 Å². The molecule has 0 amide bonds. The number of aldehydes is 1. The Morgan fingerprint density at radius 2 is 2.05 bits per heavy atom. The van der Waals surface area contributed by atoms with Gasteiger partial charge in [-0.05, 0) is 6.07 Å². The van der Waals surface area contributed by atoms with Gasteiger partial charge in [0.15, 0.2) is 6.29 Å². The summed E-state index contributed by atoms with van der Waals surface area (Å²) in [5, 5.41) is 0. The molecule has 3 aromatic rings. The molecule has 6 nitrogen and oxygen atoms in total. The minimum atomic E-state index is -0.323. The van der Waals surface area contributed by atoms with E-state index in [1.807, 2.05) is 16.7 Å². The number of hydrogen-bond donors (Lipinski definition) is 0. The van der Waals surface area contributed by atoms with Gasteiger partial charge in [0.05, 0.1) is 6.20 Å². The van der Waals surface area contributed by atoms with E-state index in [-0.39, 0.29) is 11.1 Å². The lowest BCUT2D eigenvalue weighted by atomic mass is 10.3. The third-order valence-electron chi connectivity index (χ3n) is 2.99. The average Bonchev–Trinajstić information content (AvgIpc) is 2.51. The molecule has 98 valence electrons. The Labute approximate surface area is 114 Å². The topological polar surface area (TPSA) is 68.2 Å². The highest BCUT2D eigenvalue weighted by molar-refractivity contribution is 5.73. The van der Waals surface area contributed by atoms with Crippen LogP contribution in [0.2, 0.25) is 0 Å². The molecular weight excluding hydrogens is 256 g/mol. The fraction of sp³-hybridized carbons (Fsp3) is 0.0714. The lowest BCUT2D eigenvalue weighted by Gasteiger charge is -2.04. The molecule has 0 atom stereocenters. The van der Waals surface area contributed by atoms with Crippen LogP contribution in [0.4, 0.5) is 0 Å². The highest BCUT2D eigenvalue weighted by Gasteiger charge is 2.15. The van der Waals surface area contributed by atoms with Gasteiger partial charge in [-0.25, -0.2) is 19.3 Å². The first kappa shape index (κ1) is 12.2. The fourth-order valence-electron chi connectivity index (χ4n) is 2.08. The van der Waals surface area contributed by atoms with Crippen LogP contribution in [0.1, 0.15) is 15.9 Å². The summed E-state index contributed by atoms with van der Waals surface area (Å²) >= 11 is 0. The van der Waals surface area contributed by atoms with Crippen molar-refractivity contribution in [1.82, 2.24) is 14.4 Å². The lowest BCUT2D eigenvalue weighted by molar-refractivity contribution is -0.666. The van der Waals surface area contributed by atoms with Crippen molar-refractivity contribution in [2.45, 2.75) is 6.54 Å². The number of carbonyl (C=O) groups excluding carboxylic acids is 1. The zero-order chi connectivity index (χ0) is 13.9. The van der Waals surface area contributed by atoms with E-state index in [0.29, 0.717) is 18.5 Å². The molecule has 0 radical (unpaired) electrons. The second kappa shape index (κ2) is 5.00. The summed E-state index contributed by atoms with van der Waals surface area (Å²) < 4.78 is 3.28. The van der Waals surface area contributed by atoms with Crippen LogP contribution in [0.25, 0.3) is 5.65 Å². The van der Waals surface area contributed by atoms with Crippen LogP contribution in [-0.2, 0) is 6.54 Å². The van der Waals surface area contributed by atoms with Crippen molar-refractivity contribution >= 4 is 11.9 Å². The van der Waals surface area contributed by atoms with Gasteiger partial charge >= 0.3 is 5.56 Å². The molecule has 3 heterocycles. The van der Waals surface area contributed by atoms with Gasteiger partial charge in [-0.15, -0.1) is 0 Å². The van der Waals surface area contributed by atoms with Crippen molar-refractivity contribution in [2.24, 2.45) is 0 Å². The normalized spacial score (nSPS) is 10.6. The van der Waals surface area contributed by atoms with Crippen molar-refractivity contribution in [3.63, 3.8) is 0 Å². The summed E-state index contributed by atoms with van der Waals surface area (Å²) in [4.78, 5) is 31.0. The third-order valence-corrected chi connectivity index (χ3v) is 2.99. The molecule has 0 saturated heterocycles. The summed E-state index contributed by atoms with van der Waals surface area (Å²) in [6, 6.07) is 5.41. The minimum Gasteiger partial charge on any atom is -0.297 e. The number of nitrogens with zero attached hydrogens (tertiary/aromatic N) is 4. The summed E-state index contributed by atoms with van der Waals surface area (Å²) in [6.07, 6.45) is 8.62. The van der Waals surface area contributed by atoms with E-state index in [2.05, 4.69) is 9.97 Å². The number of pyridine rings is 1. The molecule has 0 aliphatic rings. The Morgan fingerprint density at radius 1 is 1.25 bits per heavy atom. The molecule has 3 rings (SSSR count). The summed E-state index contributed by atoms with van der Waals surface area (Å²) in [7, 11) is 0. The van der Waals surface area contributed by atoms with Crippen LogP contribution in [0, 0.1) is 0 Å². The molecular formula is C14H11N4O2+. The monoisotopic (exact) mass is 267 g/mol. The smallest absolute Gasteiger partial charge is 0.297 e. The summed E-state index contributed by atoms with van der Waals surface area (Å²) in [5.74, 6) is 0. The van der Waals surface area contributed by atoms with Gasteiger partial charge in [-0.2, -0.15) is 4.40 Å². The second-order valence-electron chi connectivity index (χ2n) is 4.31. The van der Waals surface area contributed by atoms with Crippen molar-refractivity contribution in [2.75, 3.05) is 0 Å². The number of aromatic nitrogens is 4. The number of fused-ring (bicyclic) bond motifs is 1. The van der Waals surface area contributed by atoms with Crippen LogP contribution in [0.3, 0.4) is 0 Å². The van der Waals surface area contributed by atoms with Crippen molar-refractivity contribution in [1.29, 1.82) is 0 Å². The van der Waals surface area contributed by atoms with Crippen LogP contribution in [0.5, 0.6) is 0 Å². The molecule has 0 unspecified atom stereocenters. The van der Waals surface area contributed by atoms with Crippen LogP contribution >= 0.6 is 0 Å². The predicted molar refractivity (Wildman–Crippen MR) is 70.4 cm³/mol. The third kappa shape index (κ3) is 2.07. The van der Waals surface area contributed by atoms with E-state index < -0.39 is 0 Å². The Kier molecular flexibility index (Phi) is 3.04. The second-order valence-corrected chi connectivity index (χ2v) is 4.31. The highest BCUT2D eigenvalue weighted by Crippen LogP contribution is 1.98. The van der Waals surface area contributed by atoms with Crippen molar-refractivity contribution < 1.29 is 9.36 Å². The van der Waals surface area contributed by atoms with Gasteiger partial charge < -0.3 is 0 Å². The molecule has 0 spiro atoms. The van der Waals surface area contributed by atoms with E-state index >= 15 is 0 Å². The molecule has 0 bridgehead atoms. The largest absolute Gasteiger partial charge is 0.352 e. The van der Waals surface area contributed by atoms with Crippen LogP contribution < -0.4 is 10.1 Å². The molecule has 0 N–H and O–H groups in total. The van der Waals surface area contributed by atoms with E-state index in [1.165, 1.54) is 10.7 Å². The number of hydrogen-bond acceptors (Lipinski definition) is 4. The average molecular weight is 267 g/mol. The van der Waals surface area contributed by atoms with Crippen LogP contribution in [0.15, 0.2) is 54.1 Å². The van der Waals surface area contributed by atoms with Gasteiger partial charge in [-0.1, -0.05) is 6.07 Å². The molecule has 0 saturated carbocycles. The Morgan fingerprint density at radius 3 is 2.80 bits per heavy atom. The van der Waals surface area contributed by atoms with Crippen LogP contribution in [-0.4, -0.2) is 20.7 Å². The van der Waals surface area contributed by atoms with Crippen molar-refractivity contribution in [3.05, 3.63) is 70.8 Å². The van der Waals surface area contributed by atoms with E-state index in [0.717, 1.165) is 5.56 Å². The first-order chi connectivity index (χ1) is 9.79. The molecule has 20 heavy (non-hydrogen) atoms. The standard InChI is InChI=1S/C14H11N4O2/c19-9-12-8-17(7-11-5-15-10-16-6-11)13-3-1-2-4-18(13)14(12)20/h1-6,8-10H,7H2/q+1. The maximum Gasteiger partial charge on any atom is 0.352 e. The number of rotatable bonds is 3. The summed E-state index contributed by atoms with van der Waals surface area (Å²) in [5.41, 5.74) is 1.38. The van der Waals surface area contributed by atoms with E-state index in [1.54, 1.807) is 30.9 Å². The van der Waals surface area contributed by atoms with Crippen molar-refractivity contribution in [3.8, 4) is 0 Å². The highest BCUT2D eigenvalue weighted by atomic mass is 16.1. The first-order valence-electron chi connectivity index (χ1n) is 6.02. The van der Waals surface area contributed by atoms with Gasteiger partial charge in [0.2, 0.25) is 0 Å². The summed E-state index contributed by atoms with van der Waals surface area (Å²) in [6.45, 7) is 0.482. The lowest BCUT2D eigenvalue weighted by Crippen LogP contribution is -2.41. The molecule has 0 fully saturated rings. The minimum absolute atomic E-state index is 0.116. The maximum absolute atomic E-state index is 12.1. The zero-order valence-electron chi connectivity index (χ0n) is 10.5. The Bertz CT molecular complexity index is 827.